The Bertz CT molecular complexity index is 1430. The highest BCUT2D eigenvalue weighted by atomic mass is 16.5. The van der Waals surface area contributed by atoms with Crippen molar-refractivity contribution in [2.24, 2.45) is 0 Å². The number of rotatable bonds is 11. The van der Waals surface area contributed by atoms with Crippen molar-refractivity contribution in [3.05, 3.63) is 89.5 Å². The summed E-state index contributed by atoms with van der Waals surface area (Å²) in [7, 11) is 7.73. The van der Waals surface area contributed by atoms with Crippen LogP contribution in [0.25, 0.3) is 11.3 Å². The van der Waals surface area contributed by atoms with E-state index in [1.165, 1.54) is 0 Å². The number of esters is 1. The molecule has 0 aliphatic carbocycles. The van der Waals surface area contributed by atoms with Crippen molar-refractivity contribution >= 4 is 46.1 Å². The van der Waals surface area contributed by atoms with E-state index in [4.69, 9.17) is 4.74 Å². The summed E-state index contributed by atoms with van der Waals surface area (Å²) < 4.78 is 5.11. The monoisotopic (exact) mass is 555 g/mol. The minimum absolute atomic E-state index is 0.000444. The lowest BCUT2D eigenvalue weighted by molar-refractivity contribution is -0.119. The van der Waals surface area contributed by atoms with Crippen molar-refractivity contribution < 1.29 is 19.1 Å². The summed E-state index contributed by atoms with van der Waals surface area (Å²) in [5, 5.41) is 6.32. The molecule has 3 aromatic carbocycles. The van der Waals surface area contributed by atoms with Crippen molar-refractivity contribution in [3.8, 4) is 0 Å². The van der Waals surface area contributed by atoms with Gasteiger partial charge in [-0.1, -0.05) is 36.4 Å². The first-order valence-electron chi connectivity index (χ1n) is 13.6. The Balaban J connectivity index is 1.59. The fraction of sp³-hybridized carbons (Fsp3) is 0.281. The number of amides is 2. The molecule has 1 heterocycles. The van der Waals surface area contributed by atoms with Gasteiger partial charge in [0.2, 0.25) is 5.91 Å². The van der Waals surface area contributed by atoms with Crippen LogP contribution in [0, 0.1) is 0 Å². The lowest BCUT2D eigenvalue weighted by Gasteiger charge is -2.23. The highest BCUT2D eigenvalue weighted by molar-refractivity contribution is 6.37. The van der Waals surface area contributed by atoms with E-state index < -0.39 is 5.97 Å². The average Bonchev–Trinajstić information content (AvgIpc) is 3.29. The highest BCUT2D eigenvalue weighted by Gasteiger charge is 2.29. The first-order chi connectivity index (χ1) is 19.7. The summed E-state index contributed by atoms with van der Waals surface area (Å²) in [4.78, 5) is 44.1. The second-order valence-electron chi connectivity index (χ2n) is 10.2. The molecule has 0 saturated heterocycles. The summed E-state index contributed by atoms with van der Waals surface area (Å²) >= 11 is 0. The van der Waals surface area contributed by atoms with Crippen LogP contribution in [0.3, 0.4) is 0 Å². The van der Waals surface area contributed by atoms with Crippen molar-refractivity contribution in [1.82, 2.24) is 9.80 Å². The molecule has 0 aromatic heterocycles. The average molecular weight is 556 g/mol. The van der Waals surface area contributed by atoms with E-state index in [0.717, 1.165) is 30.0 Å². The summed E-state index contributed by atoms with van der Waals surface area (Å²) in [6.07, 6.45) is 0. The largest absolute Gasteiger partial charge is 0.462 e. The van der Waals surface area contributed by atoms with Gasteiger partial charge in [0.15, 0.2) is 0 Å². The molecule has 0 spiro atoms. The summed E-state index contributed by atoms with van der Waals surface area (Å²) in [5.74, 6) is -0.708. The molecule has 0 atom stereocenters. The molecule has 214 valence electrons. The van der Waals surface area contributed by atoms with Crippen molar-refractivity contribution in [1.29, 1.82) is 0 Å². The minimum Gasteiger partial charge on any atom is -0.462 e. The van der Waals surface area contributed by atoms with Crippen molar-refractivity contribution in [2.45, 2.75) is 6.92 Å². The lowest BCUT2D eigenvalue weighted by Crippen LogP contribution is -2.39. The molecule has 9 nitrogen and oxygen atoms in total. The molecular formula is C32H37N5O4. The lowest BCUT2D eigenvalue weighted by atomic mass is 9.99. The van der Waals surface area contributed by atoms with Crippen LogP contribution in [0.5, 0.6) is 0 Å². The Kier molecular flexibility index (Phi) is 9.54. The SMILES string of the molecule is CCOC(=O)c1ccc2c(c1)NC(=O)C2=C(Nc1ccc(N(C)C(=O)CN(C)CCN(C)C)cc1)c1ccccc1. The third-order valence-corrected chi connectivity index (χ3v) is 6.82. The van der Waals surface area contributed by atoms with Crippen LogP contribution in [-0.2, 0) is 14.3 Å². The van der Waals surface area contributed by atoms with E-state index in [0.29, 0.717) is 34.6 Å². The van der Waals surface area contributed by atoms with Gasteiger partial charge in [-0.25, -0.2) is 4.79 Å². The van der Waals surface area contributed by atoms with E-state index in [-0.39, 0.29) is 18.4 Å². The molecular weight excluding hydrogens is 518 g/mol. The number of nitrogens with one attached hydrogen (secondary N) is 2. The zero-order valence-electron chi connectivity index (χ0n) is 24.2. The first kappa shape index (κ1) is 29.5. The number of fused-ring (bicyclic) bond motifs is 1. The van der Waals surface area contributed by atoms with Gasteiger partial charge < -0.3 is 25.2 Å². The molecule has 0 radical (unpaired) electrons. The molecule has 1 aliphatic heterocycles. The normalized spacial score (nSPS) is 13.6. The number of carbonyl (C=O) groups is 3. The standard InChI is InChI=1S/C32H37N5O4/c1-6-41-32(40)23-12-17-26-27(20-23)34-31(39)29(26)30(22-10-8-7-9-11-22)33-24-13-15-25(16-14-24)37(5)28(38)21-36(4)19-18-35(2)3/h7-17,20,33H,6,18-19,21H2,1-5H3,(H,34,39). The number of likely N-dealkylation sites (N-methyl/N-ethyl adjacent to an activating group) is 3. The number of benzene rings is 3. The van der Waals surface area contributed by atoms with E-state index in [1.54, 1.807) is 37.1 Å². The maximum Gasteiger partial charge on any atom is 0.338 e. The van der Waals surface area contributed by atoms with Gasteiger partial charge in [0.25, 0.3) is 5.91 Å². The van der Waals surface area contributed by atoms with Gasteiger partial charge >= 0.3 is 5.97 Å². The number of nitrogens with zero attached hydrogens (tertiary/aromatic N) is 3. The smallest absolute Gasteiger partial charge is 0.338 e. The number of ether oxygens (including phenoxy) is 1. The molecule has 41 heavy (non-hydrogen) atoms. The quantitative estimate of drug-likeness (QED) is 0.270. The molecule has 2 N–H and O–H groups in total. The van der Waals surface area contributed by atoms with E-state index in [1.807, 2.05) is 80.6 Å². The van der Waals surface area contributed by atoms with Crippen LogP contribution < -0.4 is 15.5 Å². The maximum absolute atomic E-state index is 13.3. The zero-order chi connectivity index (χ0) is 29.5. The van der Waals surface area contributed by atoms with Crippen LogP contribution in [0.1, 0.15) is 28.4 Å². The van der Waals surface area contributed by atoms with E-state index >= 15 is 0 Å². The molecule has 0 fully saturated rings. The predicted molar refractivity (Wildman–Crippen MR) is 164 cm³/mol. The number of hydrogen-bond acceptors (Lipinski definition) is 7. The second kappa shape index (κ2) is 13.3. The van der Waals surface area contributed by atoms with Gasteiger partial charge in [-0.05, 0) is 70.0 Å². The molecule has 3 aromatic rings. The summed E-state index contributed by atoms with van der Waals surface area (Å²) in [6, 6.07) is 22.2. The van der Waals surface area contributed by atoms with Crippen LogP contribution in [0.4, 0.5) is 17.1 Å². The third kappa shape index (κ3) is 7.19. The summed E-state index contributed by atoms with van der Waals surface area (Å²) in [6.45, 7) is 4.02. The number of carbonyl (C=O) groups excluding carboxylic acids is 3. The molecule has 4 rings (SSSR count). The number of anilines is 3. The van der Waals surface area contributed by atoms with Crippen LogP contribution in [0.15, 0.2) is 72.8 Å². The third-order valence-electron chi connectivity index (χ3n) is 6.82. The Morgan fingerprint density at radius 1 is 0.878 bits per heavy atom. The van der Waals surface area contributed by atoms with Gasteiger partial charge in [0.1, 0.15) is 0 Å². The minimum atomic E-state index is -0.438. The van der Waals surface area contributed by atoms with Crippen LogP contribution in [0.2, 0.25) is 0 Å². The van der Waals surface area contributed by atoms with Crippen molar-refractivity contribution in [2.75, 3.05) is 70.0 Å². The topological polar surface area (TPSA) is 94.2 Å². The van der Waals surface area contributed by atoms with Crippen molar-refractivity contribution in [3.63, 3.8) is 0 Å². The van der Waals surface area contributed by atoms with Gasteiger partial charge in [-0.15, -0.1) is 0 Å². The van der Waals surface area contributed by atoms with Gasteiger partial charge in [0, 0.05) is 37.1 Å². The molecule has 0 unspecified atom stereocenters. The predicted octanol–water partition coefficient (Wildman–Crippen LogP) is 4.25. The molecule has 0 bridgehead atoms. The Hall–Kier alpha value is -4.47. The number of hydrogen-bond donors (Lipinski definition) is 2. The zero-order valence-corrected chi connectivity index (χ0v) is 24.2. The van der Waals surface area contributed by atoms with Gasteiger partial charge in [-0.2, -0.15) is 0 Å². The molecule has 1 aliphatic rings. The fourth-order valence-electron chi connectivity index (χ4n) is 4.49. The van der Waals surface area contributed by atoms with Gasteiger partial charge in [-0.3, -0.25) is 14.5 Å². The van der Waals surface area contributed by atoms with Crippen LogP contribution in [-0.4, -0.2) is 82.0 Å². The molecule has 2 amide bonds. The second-order valence-corrected chi connectivity index (χ2v) is 10.2. The van der Waals surface area contributed by atoms with Crippen LogP contribution >= 0.6 is 0 Å². The maximum atomic E-state index is 13.3. The fourth-order valence-corrected chi connectivity index (χ4v) is 4.49. The molecule has 9 heteroatoms. The van der Waals surface area contributed by atoms with E-state index in [9.17, 15) is 14.4 Å². The van der Waals surface area contributed by atoms with Gasteiger partial charge in [0.05, 0.1) is 35.7 Å². The Labute approximate surface area is 241 Å². The molecule has 0 saturated carbocycles. The summed E-state index contributed by atoms with van der Waals surface area (Å²) in [5.41, 5.74) is 5.08. The Morgan fingerprint density at radius 3 is 2.24 bits per heavy atom. The highest BCUT2D eigenvalue weighted by Crippen LogP contribution is 2.38. The van der Waals surface area contributed by atoms with E-state index in [2.05, 4.69) is 15.5 Å². The Morgan fingerprint density at radius 2 is 1.59 bits per heavy atom. The first-order valence-corrected chi connectivity index (χ1v) is 13.6.